The highest BCUT2D eigenvalue weighted by atomic mass is 16.5. The molecule has 0 unspecified atom stereocenters. The summed E-state index contributed by atoms with van der Waals surface area (Å²) in [6, 6.07) is 30.8. The maximum Gasteiger partial charge on any atom is 0.130 e. The molecule has 29 heavy (non-hydrogen) atoms. The Morgan fingerprint density at radius 3 is 1.28 bits per heavy atom. The van der Waals surface area contributed by atoms with E-state index >= 15 is 0 Å². The second-order valence-corrected chi connectivity index (χ2v) is 6.73. The number of para-hydroxylation sites is 2. The Kier molecular flexibility index (Phi) is 5.34. The fourth-order valence-electron chi connectivity index (χ4n) is 3.03. The zero-order valence-corrected chi connectivity index (χ0v) is 15.9. The lowest BCUT2D eigenvalue weighted by Gasteiger charge is -2.14. The van der Waals surface area contributed by atoms with Crippen LogP contribution >= 0.6 is 0 Å². The van der Waals surface area contributed by atoms with Gasteiger partial charge >= 0.3 is 0 Å². The summed E-state index contributed by atoms with van der Waals surface area (Å²) >= 11 is 0. The molecule has 144 valence electrons. The van der Waals surface area contributed by atoms with Crippen molar-refractivity contribution < 1.29 is 9.47 Å². The van der Waals surface area contributed by atoms with Gasteiger partial charge in [-0.25, -0.2) is 0 Å². The first-order valence-corrected chi connectivity index (χ1v) is 9.40. The summed E-state index contributed by atoms with van der Waals surface area (Å²) < 4.78 is 12.2. The lowest BCUT2D eigenvalue weighted by molar-refractivity contribution is 0.471. The largest absolute Gasteiger partial charge is 0.457 e. The van der Waals surface area contributed by atoms with E-state index in [1.54, 1.807) is 0 Å². The molecule has 4 N–H and O–H groups in total. The van der Waals surface area contributed by atoms with Crippen molar-refractivity contribution in [2.24, 2.45) is 0 Å². The van der Waals surface area contributed by atoms with Gasteiger partial charge in [0.15, 0.2) is 0 Å². The molecule has 0 atom stereocenters. The van der Waals surface area contributed by atoms with E-state index in [0.29, 0.717) is 17.8 Å². The Labute approximate surface area is 170 Å². The molecule has 0 amide bonds. The minimum Gasteiger partial charge on any atom is -0.457 e. The third-order valence-corrected chi connectivity index (χ3v) is 4.54. The van der Waals surface area contributed by atoms with Crippen molar-refractivity contribution in [3.05, 3.63) is 108 Å². The fraction of sp³-hybridized carbons (Fsp3) is 0.0400. The predicted molar refractivity (Wildman–Crippen MR) is 118 cm³/mol. The van der Waals surface area contributed by atoms with E-state index < -0.39 is 0 Å². The van der Waals surface area contributed by atoms with Crippen molar-refractivity contribution in [3.63, 3.8) is 0 Å². The first kappa shape index (κ1) is 18.4. The van der Waals surface area contributed by atoms with Gasteiger partial charge in [-0.15, -0.1) is 0 Å². The van der Waals surface area contributed by atoms with Crippen LogP contribution in [0.1, 0.15) is 11.1 Å². The molecule has 4 rings (SSSR count). The van der Waals surface area contributed by atoms with Crippen molar-refractivity contribution in [2.75, 3.05) is 11.5 Å². The second kappa shape index (κ2) is 8.40. The number of ether oxygens (including phenoxy) is 2. The molecule has 4 aromatic carbocycles. The van der Waals surface area contributed by atoms with Gasteiger partial charge in [0.25, 0.3) is 0 Å². The van der Waals surface area contributed by atoms with Crippen LogP contribution in [0.4, 0.5) is 11.4 Å². The summed E-state index contributed by atoms with van der Waals surface area (Å²) in [5.74, 6) is 3.11. The molecule has 0 fully saturated rings. The van der Waals surface area contributed by atoms with Crippen LogP contribution in [-0.2, 0) is 6.42 Å². The number of nitrogens with two attached hydrogens (primary N) is 2. The van der Waals surface area contributed by atoms with Crippen LogP contribution < -0.4 is 20.9 Å². The molecule has 4 nitrogen and oxygen atoms in total. The van der Waals surface area contributed by atoms with Crippen LogP contribution in [0.2, 0.25) is 0 Å². The summed E-state index contributed by atoms with van der Waals surface area (Å²) in [5, 5.41) is 0. The molecule has 4 aromatic rings. The number of hydrogen-bond acceptors (Lipinski definition) is 4. The minimum atomic E-state index is 0.677. The van der Waals surface area contributed by atoms with Crippen LogP contribution in [0.3, 0.4) is 0 Å². The van der Waals surface area contributed by atoms with E-state index in [1.165, 1.54) is 0 Å². The van der Waals surface area contributed by atoms with Gasteiger partial charge in [-0.3, -0.25) is 0 Å². The molecule has 0 spiro atoms. The van der Waals surface area contributed by atoms with E-state index in [0.717, 1.165) is 34.1 Å². The maximum absolute atomic E-state index is 6.10. The third kappa shape index (κ3) is 4.68. The molecular weight excluding hydrogens is 360 g/mol. The number of benzene rings is 4. The zero-order valence-electron chi connectivity index (χ0n) is 15.9. The van der Waals surface area contributed by atoms with Gasteiger partial charge in [-0.2, -0.15) is 0 Å². The molecule has 0 aliphatic heterocycles. The number of rotatable bonds is 6. The normalized spacial score (nSPS) is 10.5. The van der Waals surface area contributed by atoms with E-state index in [9.17, 15) is 0 Å². The summed E-state index contributed by atoms with van der Waals surface area (Å²) in [7, 11) is 0. The number of anilines is 2. The first-order chi connectivity index (χ1) is 14.2. The first-order valence-electron chi connectivity index (χ1n) is 9.40. The van der Waals surface area contributed by atoms with Crippen molar-refractivity contribution in [1.82, 2.24) is 0 Å². The predicted octanol–water partition coefficient (Wildman–Crippen LogP) is 6.03. The van der Waals surface area contributed by atoms with Gasteiger partial charge in [0.2, 0.25) is 0 Å². The Morgan fingerprint density at radius 2 is 0.862 bits per heavy atom. The molecule has 0 saturated heterocycles. The lowest BCUT2D eigenvalue weighted by atomic mass is 10.0. The maximum atomic E-state index is 6.10. The average molecular weight is 382 g/mol. The monoisotopic (exact) mass is 382 g/mol. The second-order valence-electron chi connectivity index (χ2n) is 6.73. The van der Waals surface area contributed by atoms with Crippen LogP contribution in [0.5, 0.6) is 23.0 Å². The molecule has 0 heterocycles. The van der Waals surface area contributed by atoms with Gasteiger partial charge in [-0.1, -0.05) is 36.4 Å². The summed E-state index contributed by atoms with van der Waals surface area (Å²) in [6.45, 7) is 0. The Morgan fingerprint density at radius 1 is 0.483 bits per heavy atom. The van der Waals surface area contributed by atoms with E-state index in [2.05, 4.69) is 12.1 Å². The highest BCUT2D eigenvalue weighted by Crippen LogP contribution is 2.32. The quantitative estimate of drug-likeness (QED) is 0.400. The van der Waals surface area contributed by atoms with Crippen molar-refractivity contribution in [3.8, 4) is 23.0 Å². The summed E-state index contributed by atoms with van der Waals surface area (Å²) in [4.78, 5) is 0. The van der Waals surface area contributed by atoms with Gasteiger partial charge in [0.1, 0.15) is 23.0 Å². The molecule has 0 aliphatic rings. The minimum absolute atomic E-state index is 0.677. The fourth-order valence-corrected chi connectivity index (χ4v) is 3.03. The van der Waals surface area contributed by atoms with Gasteiger partial charge in [0, 0.05) is 17.8 Å². The smallest absolute Gasteiger partial charge is 0.130 e. The topological polar surface area (TPSA) is 70.5 Å². The molecule has 0 saturated carbocycles. The van der Waals surface area contributed by atoms with E-state index in [-0.39, 0.29) is 0 Å². The van der Waals surface area contributed by atoms with Crippen molar-refractivity contribution in [2.45, 2.75) is 6.42 Å². The van der Waals surface area contributed by atoms with Crippen molar-refractivity contribution in [1.29, 1.82) is 0 Å². The number of nitrogen functional groups attached to an aromatic ring is 2. The SMILES string of the molecule is Nc1ccc(Oc2ccccc2Cc2ccccc2Oc2ccc(N)cc2)cc1. The highest BCUT2D eigenvalue weighted by molar-refractivity contribution is 5.48. The van der Waals surface area contributed by atoms with Crippen LogP contribution in [0.25, 0.3) is 0 Å². The molecule has 0 aromatic heterocycles. The zero-order chi connectivity index (χ0) is 20.1. The molecule has 4 heteroatoms. The summed E-state index contributed by atoms with van der Waals surface area (Å²) in [5.41, 5.74) is 15.1. The Hall–Kier alpha value is -3.92. The Balaban J connectivity index is 1.58. The van der Waals surface area contributed by atoms with Crippen LogP contribution in [-0.4, -0.2) is 0 Å². The van der Waals surface area contributed by atoms with Gasteiger partial charge in [0.05, 0.1) is 0 Å². The molecule has 0 radical (unpaired) electrons. The number of hydrogen-bond donors (Lipinski definition) is 2. The molecule has 0 aliphatic carbocycles. The van der Waals surface area contributed by atoms with Crippen molar-refractivity contribution >= 4 is 11.4 Å². The standard InChI is InChI=1S/C25H22N2O2/c26-20-9-13-22(14-10-20)28-24-7-3-1-5-18(24)17-19-6-2-4-8-25(19)29-23-15-11-21(27)12-16-23/h1-16H,17,26-27H2. The highest BCUT2D eigenvalue weighted by Gasteiger charge is 2.10. The molecule has 0 bridgehead atoms. The Bertz CT molecular complexity index is 1000. The average Bonchev–Trinajstić information content (AvgIpc) is 2.74. The van der Waals surface area contributed by atoms with Crippen LogP contribution in [0, 0.1) is 0 Å². The van der Waals surface area contributed by atoms with E-state index in [4.69, 9.17) is 20.9 Å². The van der Waals surface area contributed by atoms with Crippen LogP contribution in [0.15, 0.2) is 97.1 Å². The summed E-state index contributed by atoms with van der Waals surface area (Å²) in [6.07, 6.45) is 0.677. The lowest BCUT2D eigenvalue weighted by Crippen LogP contribution is -1.96. The van der Waals surface area contributed by atoms with Gasteiger partial charge < -0.3 is 20.9 Å². The third-order valence-electron chi connectivity index (χ3n) is 4.54. The van der Waals surface area contributed by atoms with Gasteiger partial charge in [-0.05, 0) is 71.8 Å². The van der Waals surface area contributed by atoms with E-state index in [1.807, 2.05) is 84.9 Å². The molecular formula is C25H22N2O2.